The minimum Gasteiger partial charge on any atom is -0.506 e. The lowest BCUT2D eigenvalue weighted by atomic mass is 10.1. The number of phenols is 1. The number of rotatable bonds is 4. The van der Waals surface area contributed by atoms with E-state index in [1.54, 1.807) is 0 Å². The van der Waals surface area contributed by atoms with Gasteiger partial charge in [0.2, 0.25) is 5.91 Å². The smallest absolute Gasteiger partial charge is 0.335 e. The summed E-state index contributed by atoms with van der Waals surface area (Å²) in [5, 5.41) is 21.1. The van der Waals surface area contributed by atoms with Crippen molar-refractivity contribution in [3.8, 4) is 5.75 Å². The normalized spacial score (nSPS) is 10.1. The van der Waals surface area contributed by atoms with E-state index >= 15 is 0 Å². The van der Waals surface area contributed by atoms with Crippen molar-refractivity contribution in [2.75, 3.05) is 5.32 Å². The molecule has 2 aromatic carbocycles. The van der Waals surface area contributed by atoms with Gasteiger partial charge in [0.1, 0.15) is 5.75 Å². The molecule has 108 valence electrons. The number of phenolic OH excluding ortho intramolecular Hbond substituents is 1. The second-order valence-corrected chi connectivity index (χ2v) is 5.30. The standard InChI is InChI=1S/C15H12BrNO4/c16-11-4-1-9(2-5-11)7-14(19)17-12-6-3-10(15(20)21)8-13(12)18/h1-6,8,18H,7H2,(H,17,19)(H,20,21). The Morgan fingerprint density at radius 3 is 2.33 bits per heavy atom. The highest BCUT2D eigenvalue weighted by Crippen LogP contribution is 2.24. The van der Waals surface area contributed by atoms with Crippen molar-refractivity contribution in [2.45, 2.75) is 6.42 Å². The highest BCUT2D eigenvalue weighted by molar-refractivity contribution is 9.10. The predicted molar refractivity (Wildman–Crippen MR) is 81.5 cm³/mol. The van der Waals surface area contributed by atoms with E-state index in [4.69, 9.17) is 5.11 Å². The number of hydrogen-bond acceptors (Lipinski definition) is 3. The van der Waals surface area contributed by atoms with Crippen LogP contribution in [0.1, 0.15) is 15.9 Å². The molecule has 21 heavy (non-hydrogen) atoms. The van der Waals surface area contributed by atoms with E-state index in [0.717, 1.165) is 16.1 Å². The Balaban J connectivity index is 2.06. The van der Waals surface area contributed by atoms with Gasteiger partial charge in [-0.25, -0.2) is 4.79 Å². The van der Waals surface area contributed by atoms with Gasteiger partial charge in [0.25, 0.3) is 0 Å². The molecular weight excluding hydrogens is 338 g/mol. The molecule has 0 atom stereocenters. The van der Waals surface area contributed by atoms with Crippen LogP contribution in [-0.4, -0.2) is 22.1 Å². The van der Waals surface area contributed by atoms with Crippen molar-refractivity contribution in [1.82, 2.24) is 0 Å². The van der Waals surface area contributed by atoms with Crippen molar-refractivity contribution in [1.29, 1.82) is 0 Å². The molecule has 0 fully saturated rings. The number of carbonyl (C=O) groups excluding carboxylic acids is 1. The lowest BCUT2D eigenvalue weighted by molar-refractivity contribution is -0.115. The highest BCUT2D eigenvalue weighted by Gasteiger charge is 2.10. The van der Waals surface area contributed by atoms with Crippen molar-refractivity contribution in [3.05, 3.63) is 58.1 Å². The van der Waals surface area contributed by atoms with E-state index < -0.39 is 5.97 Å². The van der Waals surface area contributed by atoms with Gasteiger partial charge >= 0.3 is 5.97 Å². The van der Waals surface area contributed by atoms with Crippen LogP contribution in [0, 0.1) is 0 Å². The molecule has 0 aliphatic heterocycles. The number of anilines is 1. The number of hydrogen-bond donors (Lipinski definition) is 3. The summed E-state index contributed by atoms with van der Waals surface area (Å²) in [7, 11) is 0. The third-order valence-corrected chi connectivity index (χ3v) is 3.33. The van der Waals surface area contributed by atoms with E-state index in [1.807, 2.05) is 24.3 Å². The molecule has 6 heteroatoms. The molecule has 2 aromatic rings. The molecular formula is C15H12BrNO4. The molecule has 5 nitrogen and oxygen atoms in total. The van der Waals surface area contributed by atoms with Crippen LogP contribution in [0.5, 0.6) is 5.75 Å². The molecule has 0 saturated heterocycles. The van der Waals surface area contributed by atoms with Crippen LogP contribution < -0.4 is 5.32 Å². The molecule has 0 saturated carbocycles. The number of nitrogens with one attached hydrogen (secondary N) is 1. The number of carboxylic acid groups (broad SMARTS) is 1. The van der Waals surface area contributed by atoms with Gasteiger partial charge in [-0.3, -0.25) is 4.79 Å². The first-order chi connectivity index (χ1) is 9.95. The van der Waals surface area contributed by atoms with Crippen LogP contribution in [0.25, 0.3) is 0 Å². The molecule has 0 spiro atoms. The number of aromatic carboxylic acids is 1. The summed E-state index contributed by atoms with van der Waals surface area (Å²) in [5.41, 5.74) is 0.970. The number of halogens is 1. The minimum absolute atomic E-state index is 0.0431. The van der Waals surface area contributed by atoms with Gasteiger partial charge in [0, 0.05) is 4.47 Å². The van der Waals surface area contributed by atoms with Gasteiger partial charge in [-0.05, 0) is 35.9 Å². The topological polar surface area (TPSA) is 86.6 Å². The van der Waals surface area contributed by atoms with E-state index in [0.29, 0.717) is 0 Å². The van der Waals surface area contributed by atoms with Crippen molar-refractivity contribution in [3.63, 3.8) is 0 Å². The zero-order valence-corrected chi connectivity index (χ0v) is 12.4. The third kappa shape index (κ3) is 4.06. The average Bonchev–Trinajstić information content (AvgIpc) is 2.43. The summed E-state index contributed by atoms with van der Waals surface area (Å²) < 4.78 is 0.925. The fraction of sp³-hybridized carbons (Fsp3) is 0.0667. The maximum Gasteiger partial charge on any atom is 0.335 e. The van der Waals surface area contributed by atoms with Crippen LogP contribution in [0.15, 0.2) is 46.9 Å². The molecule has 2 rings (SSSR count). The third-order valence-electron chi connectivity index (χ3n) is 2.80. The zero-order valence-electron chi connectivity index (χ0n) is 10.8. The molecule has 0 aromatic heterocycles. The first-order valence-electron chi connectivity index (χ1n) is 6.06. The second-order valence-electron chi connectivity index (χ2n) is 4.39. The molecule has 0 unspecified atom stereocenters. The average molecular weight is 350 g/mol. The fourth-order valence-electron chi connectivity index (χ4n) is 1.75. The quantitative estimate of drug-likeness (QED) is 0.740. The van der Waals surface area contributed by atoms with Gasteiger partial charge in [0.05, 0.1) is 17.7 Å². The number of aromatic hydroxyl groups is 1. The lowest BCUT2D eigenvalue weighted by Gasteiger charge is -2.08. The summed E-state index contributed by atoms with van der Waals surface area (Å²) >= 11 is 3.31. The fourth-order valence-corrected chi connectivity index (χ4v) is 2.02. The summed E-state index contributed by atoms with van der Waals surface area (Å²) in [5.74, 6) is -1.72. The summed E-state index contributed by atoms with van der Waals surface area (Å²) in [4.78, 5) is 22.6. The van der Waals surface area contributed by atoms with Crippen molar-refractivity contribution >= 4 is 33.5 Å². The van der Waals surface area contributed by atoms with Crippen LogP contribution >= 0.6 is 15.9 Å². The minimum atomic E-state index is -1.14. The number of carboxylic acids is 1. The van der Waals surface area contributed by atoms with Crippen molar-refractivity contribution < 1.29 is 19.8 Å². The van der Waals surface area contributed by atoms with Crippen LogP contribution in [-0.2, 0) is 11.2 Å². The Morgan fingerprint density at radius 2 is 1.76 bits per heavy atom. The molecule has 0 radical (unpaired) electrons. The first kappa shape index (κ1) is 15.1. The van der Waals surface area contributed by atoms with Crippen LogP contribution in [0.2, 0.25) is 0 Å². The summed E-state index contributed by atoms with van der Waals surface area (Å²) in [6.07, 6.45) is 0.160. The van der Waals surface area contributed by atoms with E-state index in [-0.39, 0.29) is 29.3 Å². The maximum absolute atomic E-state index is 11.9. The number of carbonyl (C=O) groups is 2. The zero-order chi connectivity index (χ0) is 15.4. The maximum atomic E-state index is 11.9. The SMILES string of the molecule is O=C(Cc1ccc(Br)cc1)Nc1ccc(C(=O)O)cc1O. The Morgan fingerprint density at radius 1 is 1.10 bits per heavy atom. The molecule has 3 N–H and O–H groups in total. The van der Waals surface area contributed by atoms with E-state index in [2.05, 4.69) is 21.2 Å². The second kappa shape index (κ2) is 6.41. The van der Waals surface area contributed by atoms with E-state index in [1.165, 1.54) is 12.1 Å². The Kier molecular flexibility index (Phi) is 4.59. The Labute approximate surface area is 129 Å². The Hall–Kier alpha value is -2.34. The van der Waals surface area contributed by atoms with Crippen molar-refractivity contribution in [2.24, 2.45) is 0 Å². The first-order valence-corrected chi connectivity index (χ1v) is 6.85. The summed E-state index contributed by atoms with van der Waals surface area (Å²) in [6.45, 7) is 0. The van der Waals surface area contributed by atoms with Crippen LogP contribution in [0.3, 0.4) is 0 Å². The van der Waals surface area contributed by atoms with Gasteiger partial charge in [-0.15, -0.1) is 0 Å². The van der Waals surface area contributed by atoms with Gasteiger partial charge in [0.15, 0.2) is 0 Å². The molecule has 0 aliphatic rings. The van der Waals surface area contributed by atoms with Gasteiger partial charge in [-0.1, -0.05) is 28.1 Å². The molecule has 0 bridgehead atoms. The summed E-state index contributed by atoms with van der Waals surface area (Å²) in [6, 6.07) is 11.1. The van der Waals surface area contributed by atoms with Gasteiger partial charge < -0.3 is 15.5 Å². The van der Waals surface area contributed by atoms with Crippen LogP contribution in [0.4, 0.5) is 5.69 Å². The Bertz CT molecular complexity index is 683. The largest absolute Gasteiger partial charge is 0.506 e. The predicted octanol–water partition coefficient (Wildman–Crippen LogP) is 3.03. The number of benzene rings is 2. The highest BCUT2D eigenvalue weighted by atomic mass is 79.9. The van der Waals surface area contributed by atoms with Gasteiger partial charge in [-0.2, -0.15) is 0 Å². The molecule has 0 heterocycles. The van der Waals surface area contributed by atoms with E-state index in [9.17, 15) is 14.7 Å². The monoisotopic (exact) mass is 349 g/mol. The molecule has 0 aliphatic carbocycles. The molecule has 1 amide bonds. The number of amides is 1. The lowest BCUT2D eigenvalue weighted by Crippen LogP contribution is -2.14.